The van der Waals surface area contributed by atoms with Crippen LogP contribution in [0.2, 0.25) is 0 Å². The number of aliphatic hydroxyl groups is 1. The minimum absolute atomic E-state index is 0.147. The van der Waals surface area contributed by atoms with E-state index in [0.29, 0.717) is 5.92 Å². The molecule has 0 aromatic carbocycles. The molecule has 1 aromatic rings. The van der Waals surface area contributed by atoms with Crippen LogP contribution in [-0.2, 0) is 13.0 Å². The average molecular weight is 234 g/mol. The molecule has 0 amide bonds. The van der Waals surface area contributed by atoms with Gasteiger partial charge in [-0.25, -0.2) is 0 Å². The van der Waals surface area contributed by atoms with E-state index in [1.165, 1.54) is 25.0 Å². The first kappa shape index (κ1) is 11.3. The molecule has 17 heavy (non-hydrogen) atoms. The largest absolute Gasteiger partial charge is 0.392 e. The highest BCUT2D eigenvalue weighted by Crippen LogP contribution is 2.59. The summed E-state index contributed by atoms with van der Waals surface area (Å²) >= 11 is 0. The normalized spacial score (nSPS) is 32.5. The molecule has 0 bridgehead atoms. The maximum atomic E-state index is 10.3. The van der Waals surface area contributed by atoms with E-state index in [2.05, 4.69) is 18.1 Å². The fourth-order valence-corrected chi connectivity index (χ4v) is 3.84. The molecule has 3 atom stereocenters. The molecule has 3 nitrogen and oxygen atoms in total. The quantitative estimate of drug-likeness (QED) is 0.867. The molecule has 1 heterocycles. The first-order valence-electron chi connectivity index (χ1n) is 6.92. The Morgan fingerprint density at radius 2 is 2.18 bits per heavy atom. The van der Waals surface area contributed by atoms with Crippen LogP contribution in [0.1, 0.15) is 37.6 Å². The Hall–Kier alpha value is -0.830. The Balaban J connectivity index is 1.66. The summed E-state index contributed by atoms with van der Waals surface area (Å²) in [5, 5.41) is 14.8. The monoisotopic (exact) mass is 234 g/mol. The molecule has 2 fully saturated rings. The Morgan fingerprint density at radius 1 is 1.47 bits per heavy atom. The first-order valence-corrected chi connectivity index (χ1v) is 6.92. The van der Waals surface area contributed by atoms with Gasteiger partial charge in [-0.1, -0.05) is 6.42 Å². The predicted octanol–water partition coefficient (Wildman–Crippen LogP) is 2.16. The van der Waals surface area contributed by atoms with Gasteiger partial charge in [0.1, 0.15) is 0 Å². The van der Waals surface area contributed by atoms with Crippen LogP contribution in [0.15, 0.2) is 6.07 Å². The van der Waals surface area contributed by atoms with Crippen LogP contribution in [-0.4, -0.2) is 21.0 Å². The zero-order valence-corrected chi connectivity index (χ0v) is 10.8. The third kappa shape index (κ3) is 1.90. The number of aryl methyl sites for hydroxylation is 2. The van der Waals surface area contributed by atoms with Crippen molar-refractivity contribution in [1.29, 1.82) is 0 Å². The lowest BCUT2D eigenvalue weighted by Crippen LogP contribution is -2.18. The maximum Gasteiger partial charge on any atom is 0.0629 e. The van der Waals surface area contributed by atoms with Crippen LogP contribution >= 0.6 is 0 Å². The smallest absolute Gasteiger partial charge is 0.0629 e. The van der Waals surface area contributed by atoms with E-state index in [-0.39, 0.29) is 6.10 Å². The second-order valence-corrected chi connectivity index (χ2v) is 5.70. The molecule has 2 saturated carbocycles. The lowest BCUT2D eigenvalue weighted by molar-refractivity contribution is 0.133. The van der Waals surface area contributed by atoms with E-state index >= 15 is 0 Å². The Kier molecular flexibility index (Phi) is 2.74. The third-order valence-electron chi connectivity index (χ3n) is 4.62. The number of aliphatic hydroxyl groups excluding tert-OH is 1. The molecular formula is C14H22N2O. The standard InChI is InChI=1S/C14H22N2O/c1-3-16-10(7-9(2)15-16)8-13(17)14-11-5-4-6-12(11)14/h7,11-14,17H,3-6,8H2,1-2H3. The minimum Gasteiger partial charge on any atom is -0.392 e. The van der Waals surface area contributed by atoms with Crippen molar-refractivity contribution in [2.24, 2.45) is 17.8 Å². The molecule has 3 unspecified atom stereocenters. The van der Waals surface area contributed by atoms with E-state index in [4.69, 9.17) is 0 Å². The first-order chi connectivity index (χ1) is 8.20. The van der Waals surface area contributed by atoms with E-state index in [0.717, 1.165) is 30.5 Å². The van der Waals surface area contributed by atoms with Gasteiger partial charge in [-0.2, -0.15) is 5.10 Å². The van der Waals surface area contributed by atoms with E-state index in [1.807, 2.05) is 11.6 Å². The number of aromatic nitrogens is 2. The fourth-order valence-electron chi connectivity index (χ4n) is 3.84. The molecule has 3 rings (SSSR count). The van der Waals surface area contributed by atoms with Crippen molar-refractivity contribution in [3.05, 3.63) is 17.5 Å². The molecule has 3 heteroatoms. The Labute approximate surface area is 103 Å². The highest BCUT2D eigenvalue weighted by Gasteiger charge is 2.55. The topological polar surface area (TPSA) is 38.0 Å². The van der Waals surface area contributed by atoms with E-state index < -0.39 is 0 Å². The van der Waals surface area contributed by atoms with Crippen LogP contribution in [0.3, 0.4) is 0 Å². The lowest BCUT2D eigenvalue weighted by atomic mass is 10.0. The van der Waals surface area contributed by atoms with Crippen molar-refractivity contribution < 1.29 is 5.11 Å². The van der Waals surface area contributed by atoms with Crippen molar-refractivity contribution in [3.63, 3.8) is 0 Å². The SMILES string of the molecule is CCn1nc(C)cc1CC(O)C1C2CCCC21. The average Bonchev–Trinajstić information content (AvgIpc) is 2.66. The van der Waals surface area contributed by atoms with Crippen molar-refractivity contribution in [1.82, 2.24) is 9.78 Å². The molecule has 1 N–H and O–H groups in total. The summed E-state index contributed by atoms with van der Waals surface area (Å²) in [7, 11) is 0. The molecule has 2 aliphatic rings. The Morgan fingerprint density at radius 3 is 2.82 bits per heavy atom. The zero-order chi connectivity index (χ0) is 12.0. The summed E-state index contributed by atoms with van der Waals surface area (Å²) in [6, 6.07) is 2.12. The number of rotatable bonds is 4. The second kappa shape index (κ2) is 4.13. The van der Waals surface area contributed by atoms with Gasteiger partial charge in [-0.05, 0) is 50.5 Å². The molecule has 0 aliphatic heterocycles. The number of hydrogen-bond donors (Lipinski definition) is 1. The maximum absolute atomic E-state index is 10.3. The number of fused-ring (bicyclic) bond motifs is 1. The summed E-state index contributed by atoms with van der Waals surface area (Å²) in [6.07, 6.45) is 4.71. The molecule has 1 aromatic heterocycles. The molecular weight excluding hydrogens is 212 g/mol. The minimum atomic E-state index is -0.147. The summed E-state index contributed by atoms with van der Waals surface area (Å²) in [5.74, 6) is 2.26. The molecule has 94 valence electrons. The molecule has 0 radical (unpaired) electrons. The highest BCUT2D eigenvalue weighted by molar-refractivity contribution is 5.13. The molecule has 0 spiro atoms. The van der Waals surface area contributed by atoms with Gasteiger partial charge in [0.2, 0.25) is 0 Å². The van der Waals surface area contributed by atoms with Crippen LogP contribution in [0.5, 0.6) is 0 Å². The second-order valence-electron chi connectivity index (χ2n) is 5.70. The van der Waals surface area contributed by atoms with Gasteiger partial charge in [-0.3, -0.25) is 4.68 Å². The summed E-state index contributed by atoms with van der Waals surface area (Å²) in [4.78, 5) is 0. The van der Waals surface area contributed by atoms with Crippen molar-refractivity contribution in [2.75, 3.05) is 0 Å². The van der Waals surface area contributed by atoms with Crippen LogP contribution in [0, 0.1) is 24.7 Å². The third-order valence-corrected chi connectivity index (χ3v) is 4.62. The van der Waals surface area contributed by atoms with Gasteiger partial charge in [0.25, 0.3) is 0 Å². The number of hydrogen-bond acceptors (Lipinski definition) is 2. The van der Waals surface area contributed by atoms with E-state index in [1.54, 1.807) is 0 Å². The van der Waals surface area contributed by atoms with Gasteiger partial charge in [0.05, 0.1) is 11.8 Å². The Bertz CT molecular complexity index is 402. The summed E-state index contributed by atoms with van der Waals surface area (Å²) in [6.45, 7) is 5.02. The van der Waals surface area contributed by atoms with Crippen LogP contribution in [0.4, 0.5) is 0 Å². The van der Waals surface area contributed by atoms with Crippen LogP contribution in [0.25, 0.3) is 0 Å². The van der Waals surface area contributed by atoms with Gasteiger partial charge in [0.15, 0.2) is 0 Å². The predicted molar refractivity (Wildman–Crippen MR) is 66.7 cm³/mol. The van der Waals surface area contributed by atoms with E-state index in [9.17, 15) is 5.11 Å². The number of nitrogens with zero attached hydrogens (tertiary/aromatic N) is 2. The van der Waals surface area contributed by atoms with Gasteiger partial charge in [-0.15, -0.1) is 0 Å². The summed E-state index contributed by atoms with van der Waals surface area (Å²) < 4.78 is 2.02. The van der Waals surface area contributed by atoms with Gasteiger partial charge >= 0.3 is 0 Å². The van der Waals surface area contributed by atoms with Crippen molar-refractivity contribution >= 4 is 0 Å². The lowest BCUT2D eigenvalue weighted by Gasteiger charge is -2.13. The van der Waals surface area contributed by atoms with Crippen molar-refractivity contribution in [3.8, 4) is 0 Å². The molecule has 0 saturated heterocycles. The van der Waals surface area contributed by atoms with Gasteiger partial charge in [0, 0.05) is 18.7 Å². The van der Waals surface area contributed by atoms with Crippen molar-refractivity contribution in [2.45, 2.75) is 52.2 Å². The van der Waals surface area contributed by atoms with Crippen LogP contribution < -0.4 is 0 Å². The van der Waals surface area contributed by atoms with Gasteiger partial charge < -0.3 is 5.11 Å². The molecule has 2 aliphatic carbocycles. The fraction of sp³-hybridized carbons (Fsp3) is 0.786. The highest BCUT2D eigenvalue weighted by atomic mass is 16.3. The zero-order valence-electron chi connectivity index (χ0n) is 10.8. The summed E-state index contributed by atoms with van der Waals surface area (Å²) in [5.41, 5.74) is 2.26.